The van der Waals surface area contributed by atoms with Crippen LogP contribution in [0.25, 0.3) is 0 Å². The predicted molar refractivity (Wildman–Crippen MR) is 78.3 cm³/mol. The van der Waals surface area contributed by atoms with Crippen molar-refractivity contribution in [1.29, 1.82) is 0 Å². The number of methoxy groups -OCH3 is 1. The Labute approximate surface area is 116 Å². The van der Waals surface area contributed by atoms with E-state index in [-0.39, 0.29) is 0 Å². The third kappa shape index (κ3) is 2.57. The topological polar surface area (TPSA) is 44.5 Å². The quantitative estimate of drug-likeness (QED) is 0.888. The number of nitrogens with two attached hydrogens (primary N) is 1. The molecule has 1 aliphatic rings. The standard InChI is InChI=1S/C16H25NO2/c1-4-6-13-14(8-9-17)16-12(7-5-10-19-16)11(2)15(13)18-3/h4-10,17H2,1-3H3. The molecule has 2 N–H and O–H groups in total. The minimum absolute atomic E-state index is 0.652. The molecule has 0 spiro atoms. The monoisotopic (exact) mass is 263 g/mol. The van der Waals surface area contributed by atoms with Crippen molar-refractivity contribution < 1.29 is 9.47 Å². The maximum atomic E-state index is 5.96. The lowest BCUT2D eigenvalue weighted by molar-refractivity contribution is 0.282. The molecule has 0 aromatic heterocycles. The third-order valence-electron chi connectivity index (χ3n) is 3.90. The summed E-state index contributed by atoms with van der Waals surface area (Å²) in [5.41, 5.74) is 10.9. The zero-order valence-electron chi connectivity index (χ0n) is 12.3. The van der Waals surface area contributed by atoms with Crippen molar-refractivity contribution in [3.63, 3.8) is 0 Å². The Morgan fingerprint density at radius 1 is 1.26 bits per heavy atom. The molecule has 3 nitrogen and oxygen atoms in total. The minimum Gasteiger partial charge on any atom is -0.496 e. The molecule has 0 aliphatic carbocycles. The van der Waals surface area contributed by atoms with Crippen molar-refractivity contribution in [3.05, 3.63) is 22.3 Å². The lowest BCUT2D eigenvalue weighted by atomic mass is 9.89. The van der Waals surface area contributed by atoms with Crippen molar-refractivity contribution in [3.8, 4) is 11.5 Å². The van der Waals surface area contributed by atoms with Gasteiger partial charge in [0.1, 0.15) is 11.5 Å². The summed E-state index contributed by atoms with van der Waals surface area (Å²) in [6.07, 6.45) is 5.17. The maximum Gasteiger partial charge on any atom is 0.126 e. The number of rotatable bonds is 5. The molecule has 2 rings (SSSR count). The summed E-state index contributed by atoms with van der Waals surface area (Å²) in [5.74, 6) is 2.15. The fourth-order valence-corrected chi connectivity index (χ4v) is 3.09. The van der Waals surface area contributed by atoms with Crippen molar-refractivity contribution in [1.82, 2.24) is 0 Å². The van der Waals surface area contributed by atoms with Gasteiger partial charge in [0.05, 0.1) is 13.7 Å². The molecule has 106 valence electrons. The molecular formula is C16H25NO2. The van der Waals surface area contributed by atoms with Gasteiger partial charge in [-0.25, -0.2) is 0 Å². The van der Waals surface area contributed by atoms with Gasteiger partial charge in [-0.15, -0.1) is 0 Å². The molecule has 0 saturated heterocycles. The molecule has 1 heterocycles. The highest BCUT2D eigenvalue weighted by Crippen LogP contribution is 2.41. The van der Waals surface area contributed by atoms with Gasteiger partial charge in [0.15, 0.2) is 0 Å². The van der Waals surface area contributed by atoms with Crippen LogP contribution in [-0.2, 0) is 19.3 Å². The van der Waals surface area contributed by atoms with Crippen LogP contribution in [0.15, 0.2) is 0 Å². The van der Waals surface area contributed by atoms with Crippen LogP contribution in [-0.4, -0.2) is 20.3 Å². The summed E-state index contributed by atoms with van der Waals surface area (Å²) in [7, 11) is 1.77. The summed E-state index contributed by atoms with van der Waals surface area (Å²) in [6.45, 7) is 5.82. The van der Waals surface area contributed by atoms with E-state index < -0.39 is 0 Å². The fraction of sp³-hybridized carbons (Fsp3) is 0.625. The van der Waals surface area contributed by atoms with Crippen LogP contribution in [0.2, 0.25) is 0 Å². The molecule has 19 heavy (non-hydrogen) atoms. The van der Waals surface area contributed by atoms with Gasteiger partial charge in [-0.3, -0.25) is 0 Å². The average Bonchev–Trinajstić information content (AvgIpc) is 2.44. The summed E-state index contributed by atoms with van der Waals surface area (Å²) in [6, 6.07) is 0. The predicted octanol–water partition coefficient (Wildman–Crippen LogP) is 2.78. The van der Waals surface area contributed by atoms with Gasteiger partial charge in [0, 0.05) is 16.7 Å². The van der Waals surface area contributed by atoms with Crippen LogP contribution in [0.5, 0.6) is 11.5 Å². The van der Waals surface area contributed by atoms with Gasteiger partial charge in [0.25, 0.3) is 0 Å². The first-order chi connectivity index (χ1) is 9.24. The van der Waals surface area contributed by atoms with Crippen molar-refractivity contribution in [2.24, 2.45) is 5.73 Å². The molecule has 0 atom stereocenters. The Balaban J connectivity index is 2.64. The molecule has 0 unspecified atom stereocenters. The van der Waals surface area contributed by atoms with E-state index >= 15 is 0 Å². The number of ether oxygens (including phenoxy) is 2. The second kappa shape index (κ2) is 6.29. The molecule has 0 saturated carbocycles. The fourth-order valence-electron chi connectivity index (χ4n) is 3.09. The minimum atomic E-state index is 0.652. The molecule has 1 aliphatic heterocycles. The van der Waals surface area contributed by atoms with E-state index in [1.807, 2.05) is 0 Å². The van der Waals surface area contributed by atoms with E-state index in [4.69, 9.17) is 15.2 Å². The number of hydrogen-bond acceptors (Lipinski definition) is 3. The van der Waals surface area contributed by atoms with Crippen molar-refractivity contribution in [2.75, 3.05) is 20.3 Å². The SMILES string of the molecule is CCCc1c(CCN)c2c(c(C)c1OC)CCCO2. The Morgan fingerprint density at radius 3 is 2.68 bits per heavy atom. The molecule has 0 radical (unpaired) electrons. The Bertz CT molecular complexity index is 455. The van der Waals surface area contributed by atoms with Gasteiger partial charge in [-0.2, -0.15) is 0 Å². The number of hydrogen-bond donors (Lipinski definition) is 1. The van der Waals surface area contributed by atoms with Gasteiger partial charge in [0.2, 0.25) is 0 Å². The second-order valence-corrected chi connectivity index (χ2v) is 5.16. The van der Waals surface area contributed by atoms with E-state index in [1.54, 1.807) is 7.11 Å². The Hall–Kier alpha value is -1.22. The van der Waals surface area contributed by atoms with Gasteiger partial charge in [-0.05, 0) is 44.7 Å². The average molecular weight is 263 g/mol. The first-order valence-electron chi connectivity index (χ1n) is 7.28. The first kappa shape index (κ1) is 14.2. The molecule has 1 aromatic carbocycles. The molecule has 1 aromatic rings. The lowest BCUT2D eigenvalue weighted by Gasteiger charge is -2.27. The zero-order chi connectivity index (χ0) is 13.8. The highest BCUT2D eigenvalue weighted by molar-refractivity contribution is 5.59. The van der Waals surface area contributed by atoms with Crippen LogP contribution >= 0.6 is 0 Å². The second-order valence-electron chi connectivity index (χ2n) is 5.16. The van der Waals surface area contributed by atoms with Crippen molar-refractivity contribution >= 4 is 0 Å². The Kier molecular flexibility index (Phi) is 4.70. The highest BCUT2D eigenvalue weighted by atomic mass is 16.5. The van der Waals surface area contributed by atoms with Crippen LogP contribution in [0, 0.1) is 6.92 Å². The zero-order valence-corrected chi connectivity index (χ0v) is 12.3. The summed E-state index contributed by atoms with van der Waals surface area (Å²) in [4.78, 5) is 0. The third-order valence-corrected chi connectivity index (χ3v) is 3.90. The molecular weight excluding hydrogens is 238 g/mol. The van der Waals surface area contributed by atoms with E-state index in [9.17, 15) is 0 Å². The molecule has 0 fully saturated rings. The molecule has 0 bridgehead atoms. The van der Waals surface area contributed by atoms with Crippen LogP contribution < -0.4 is 15.2 Å². The van der Waals surface area contributed by atoms with Gasteiger partial charge >= 0.3 is 0 Å². The van der Waals surface area contributed by atoms with Crippen molar-refractivity contribution in [2.45, 2.75) is 46.0 Å². The normalized spacial score (nSPS) is 13.9. The van der Waals surface area contributed by atoms with E-state index in [0.717, 1.165) is 50.2 Å². The van der Waals surface area contributed by atoms with Gasteiger partial charge < -0.3 is 15.2 Å². The van der Waals surface area contributed by atoms with Crippen LogP contribution in [0.3, 0.4) is 0 Å². The van der Waals surface area contributed by atoms with E-state index in [2.05, 4.69) is 13.8 Å². The maximum absolute atomic E-state index is 5.96. The summed E-state index contributed by atoms with van der Waals surface area (Å²) in [5, 5.41) is 0. The van der Waals surface area contributed by atoms with E-state index in [0.29, 0.717) is 6.54 Å². The Morgan fingerprint density at radius 2 is 2.05 bits per heavy atom. The number of benzene rings is 1. The summed E-state index contributed by atoms with van der Waals surface area (Å²) >= 11 is 0. The van der Waals surface area contributed by atoms with Gasteiger partial charge in [-0.1, -0.05) is 13.3 Å². The van der Waals surface area contributed by atoms with E-state index in [1.165, 1.54) is 22.3 Å². The number of fused-ring (bicyclic) bond motifs is 1. The van der Waals surface area contributed by atoms with Crippen LogP contribution in [0.4, 0.5) is 0 Å². The summed E-state index contributed by atoms with van der Waals surface area (Å²) < 4.78 is 11.6. The first-order valence-corrected chi connectivity index (χ1v) is 7.28. The molecule has 3 heteroatoms. The smallest absolute Gasteiger partial charge is 0.126 e. The molecule has 0 amide bonds. The lowest BCUT2D eigenvalue weighted by Crippen LogP contribution is -2.17. The highest BCUT2D eigenvalue weighted by Gasteiger charge is 2.24. The van der Waals surface area contributed by atoms with Crippen LogP contribution in [0.1, 0.15) is 42.0 Å². The largest absolute Gasteiger partial charge is 0.496 e.